The van der Waals surface area contributed by atoms with E-state index in [9.17, 15) is 8.42 Å². The van der Waals surface area contributed by atoms with Crippen LogP contribution in [0.3, 0.4) is 0 Å². The van der Waals surface area contributed by atoms with Gasteiger partial charge in [-0.05, 0) is 34.6 Å². The maximum Gasteiger partial charge on any atom is 0.244 e. The van der Waals surface area contributed by atoms with E-state index in [1.807, 2.05) is 0 Å². The van der Waals surface area contributed by atoms with Gasteiger partial charge in [0, 0.05) is 36.9 Å². The Morgan fingerprint density at radius 1 is 1.30 bits per heavy atom. The molecule has 20 heavy (non-hydrogen) atoms. The summed E-state index contributed by atoms with van der Waals surface area (Å²) in [6.07, 6.45) is 0. The molecule has 0 radical (unpaired) electrons. The van der Waals surface area contributed by atoms with Crippen molar-refractivity contribution in [2.24, 2.45) is 0 Å². The molecule has 1 saturated heterocycles. The van der Waals surface area contributed by atoms with Gasteiger partial charge in [0.2, 0.25) is 10.0 Å². The molecule has 0 amide bonds. The average molecular weight is 383 g/mol. The summed E-state index contributed by atoms with van der Waals surface area (Å²) in [4.78, 5) is 2.35. The first kappa shape index (κ1) is 16.0. The molecule has 0 unspecified atom stereocenters. The second kappa shape index (κ2) is 6.19. The van der Waals surface area contributed by atoms with Crippen LogP contribution in [0.25, 0.3) is 0 Å². The lowest BCUT2D eigenvalue weighted by atomic mass is 10.3. The fourth-order valence-electron chi connectivity index (χ4n) is 2.20. The van der Waals surface area contributed by atoms with E-state index >= 15 is 0 Å². The first-order valence-electron chi connectivity index (χ1n) is 6.33. The smallest absolute Gasteiger partial charge is 0.244 e. The highest BCUT2D eigenvalue weighted by molar-refractivity contribution is 9.10. The molecular weight excluding hydrogens is 366 g/mol. The number of likely N-dealkylation sites (N-methyl/N-ethyl adjacent to an activating group) is 1. The van der Waals surface area contributed by atoms with Gasteiger partial charge in [-0.1, -0.05) is 18.5 Å². The van der Waals surface area contributed by atoms with E-state index in [1.165, 1.54) is 16.4 Å². The molecule has 8 heteroatoms. The monoisotopic (exact) mass is 381 g/mol. The molecule has 1 aliphatic rings. The van der Waals surface area contributed by atoms with Crippen molar-refractivity contribution in [2.45, 2.75) is 11.8 Å². The zero-order chi connectivity index (χ0) is 14.9. The van der Waals surface area contributed by atoms with Gasteiger partial charge in [-0.25, -0.2) is 8.42 Å². The van der Waals surface area contributed by atoms with Crippen molar-refractivity contribution >= 4 is 43.2 Å². The highest BCUT2D eigenvalue weighted by atomic mass is 79.9. The Hall–Kier alpha value is -0.340. The van der Waals surface area contributed by atoms with Crippen LogP contribution in [0.1, 0.15) is 6.92 Å². The van der Waals surface area contributed by atoms with Crippen LogP contribution in [-0.4, -0.2) is 50.3 Å². The minimum Gasteiger partial charge on any atom is -0.398 e. The molecule has 1 aromatic carbocycles. The Labute approximate surface area is 132 Å². The summed E-state index contributed by atoms with van der Waals surface area (Å²) in [5.74, 6) is 0. The molecule has 2 rings (SSSR count). The molecule has 1 fully saturated rings. The van der Waals surface area contributed by atoms with Gasteiger partial charge < -0.3 is 10.6 Å². The molecule has 0 bridgehead atoms. The maximum absolute atomic E-state index is 12.7. The van der Waals surface area contributed by atoms with Crippen molar-refractivity contribution in [3.63, 3.8) is 0 Å². The summed E-state index contributed by atoms with van der Waals surface area (Å²) < 4.78 is 27.2. The number of rotatable bonds is 3. The van der Waals surface area contributed by atoms with Gasteiger partial charge in [-0.3, -0.25) is 0 Å². The van der Waals surface area contributed by atoms with Gasteiger partial charge >= 0.3 is 0 Å². The highest BCUT2D eigenvalue weighted by Crippen LogP contribution is 2.33. The predicted molar refractivity (Wildman–Crippen MR) is 84.4 cm³/mol. The number of sulfonamides is 1. The standard InChI is InChI=1S/C12H17BrClN3O2S/c1-2-16-3-5-17(6-4-16)20(18,19)11-8-9(14)7-10(15)12(11)13/h7-8H,2-6,15H2,1H3. The van der Waals surface area contributed by atoms with Gasteiger partial charge in [-0.2, -0.15) is 4.31 Å². The van der Waals surface area contributed by atoms with Crippen LogP contribution < -0.4 is 5.73 Å². The van der Waals surface area contributed by atoms with Crippen molar-refractivity contribution in [1.82, 2.24) is 9.21 Å². The lowest BCUT2D eigenvalue weighted by Gasteiger charge is -2.33. The van der Waals surface area contributed by atoms with Crippen LogP contribution in [0.2, 0.25) is 5.02 Å². The zero-order valence-corrected chi connectivity index (χ0v) is 14.3. The second-order valence-electron chi connectivity index (χ2n) is 4.65. The minimum atomic E-state index is -3.57. The Balaban J connectivity index is 2.32. The first-order chi connectivity index (χ1) is 9.36. The van der Waals surface area contributed by atoms with Gasteiger partial charge in [0.25, 0.3) is 0 Å². The van der Waals surface area contributed by atoms with Crippen molar-refractivity contribution in [3.8, 4) is 0 Å². The number of hydrogen-bond acceptors (Lipinski definition) is 4. The molecule has 1 aromatic rings. The van der Waals surface area contributed by atoms with Gasteiger partial charge in [0.1, 0.15) is 0 Å². The zero-order valence-electron chi connectivity index (χ0n) is 11.1. The largest absolute Gasteiger partial charge is 0.398 e. The van der Waals surface area contributed by atoms with E-state index in [0.717, 1.165) is 19.6 Å². The number of nitrogen functional groups attached to an aromatic ring is 1. The van der Waals surface area contributed by atoms with Gasteiger partial charge in [-0.15, -0.1) is 0 Å². The molecule has 0 saturated carbocycles. The van der Waals surface area contributed by atoms with Crippen molar-refractivity contribution in [1.29, 1.82) is 0 Å². The van der Waals surface area contributed by atoms with Crippen LogP contribution in [0.15, 0.2) is 21.5 Å². The number of benzene rings is 1. The van der Waals surface area contributed by atoms with E-state index in [1.54, 1.807) is 0 Å². The summed E-state index contributed by atoms with van der Waals surface area (Å²) >= 11 is 9.16. The Morgan fingerprint density at radius 2 is 1.90 bits per heavy atom. The molecule has 2 N–H and O–H groups in total. The SMILES string of the molecule is CCN1CCN(S(=O)(=O)c2cc(Cl)cc(N)c2Br)CC1. The number of anilines is 1. The molecule has 5 nitrogen and oxygen atoms in total. The van der Waals surface area contributed by atoms with Crippen LogP contribution in [0, 0.1) is 0 Å². The third-order valence-electron chi connectivity index (χ3n) is 3.43. The van der Waals surface area contributed by atoms with E-state index in [2.05, 4.69) is 27.8 Å². The minimum absolute atomic E-state index is 0.132. The molecule has 112 valence electrons. The van der Waals surface area contributed by atoms with Gasteiger partial charge in [0.05, 0.1) is 9.37 Å². The third kappa shape index (κ3) is 3.12. The van der Waals surface area contributed by atoms with Crippen LogP contribution >= 0.6 is 27.5 Å². The van der Waals surface area contributed by atoms with E-state index in [0.29, 0.717) is 28.3 Å². The number of nitrogens with two attached hydrogens (primary N) is 1. The van der Waals surface area contributed by atoms with Gasteiger partial charge in [0.15, 0.2) is 0 Å². The normalized spacial score (nSPS) is 18.4. The Kier molecular flexibility index (Phi) is 4.96. The van der Waals surface area contributed by atoms with E-state index in [4.69, 9.17) is 17.3 Å². The molecule has 1 aliphatic heterocycles. The summed E-state index contributed by atoms with van der Waals surface area (Å²) in [7, 11) is -3.57. The topological polar surface area (TPSA) is 66.6 Å². The summed E-state index contributed by atoms with van der Waals surface area (Å²) in [5.41, 5.74) is 6.09. The van der Waals surface area contributed by atoms with E-state index < -0.39 is 10.0 Å². The van der Waals surface area contributed by atoms with Crippen LogP contribution in [0.4, 0.5) is 5.69 Å². The van der Waals surface area contributed by atoms with Crippen molar-refractivity contribution in [3.05, 3.63) is 21.6 Å². The molecule has 0 atom stereocenters. The molecule has 0 spiro atoms. The number of hydrogen-bond donors (Lipinski definition) is 1. The predicted octanol–water partition coefficient (Wildman–Crippen LogP) is 2.01. The Bertz CT molecular complexity index is 601. The lowest BCUT2D eigenvalue weighted by Crippen LogP contribution is -2.48. The van der Waals surface area contributed by atoms with Crippen molar-refractivity contribution in [2.75, 3.05) is 38.5 Å². The average Bonchev–Trinajstić information content (AvgIpc) is 2.42. The summed E-state index contributed by atoms with van der Waals surface area (Å²) in [6.45, 7) is 5.44. The van der Waals surface area contributed by atoms with E-state index in [-0.39, 0.29) is 4.90 Å². The highest BCUT2D eigenvalue weighted by Gasteiger charge is 2.30. The maximum atomic E-state index is 12.7. The summed E-state index contributed by atoms with van der Waals surface area (Å²) in [6, 6.07) is 2.96. The molecule has 1 heterocycles. The Morgan fingerprint density at radius 3 is 2.45 bits per heavy atom. The first-order valence-corrected chi connectivity index (χ1v) is 8.94. The van der Waals surface area contributed by atoms with Crippen LogP contribution in [0.5, 0.6) is 0 Å². The number of nitrogens with zero attached hydrogens (tertiary/aromatic N) is 2. The lowest BCUT2D eigenvalue weighted by molar-refractivity contribution is 0.196. The van der Waals surface area contributed by atoms with Crippen molar-refractivity contribution < 1.29 is 8.42 Å². The third-order valence-corrected chi connectivity index (χ3v) is 6.72. The molecule has 0 aromatic heterocycles. The summed E-state index contributed by atoms with van der Waals surface area (Å²) in [5, 5.41) is 0.316. The quantitative estimate of drug-likeness (QED) is 0.812. The number of halogens is 2. The molecule has 0 aliphatic carbocycles. The molecular formula is C12H17BrClN3O2S. The fourth-order valence-corrected chi connectivity index (χ4v) is 4.87. The number of piperazine rings is 1. The fraction of sp³-hybridized carbons (Fsp3) is 0.500. The second-order valence-corrected chi connectivity index (χ2v) is 7.78. The van der Waals surface area contributed by atoms with Crippen LogP contribution in [-0.2, 0) is 10.0 Å².